The number of aromatic nitrogens is 4. The van der Waals surface area contributed by atoms with Gasteiger partial charge in [0, 0.05) is 17.3 Å². The largest absolute Gasteiger partial charge is 0.338 e. The van der Waals surface area contributed by atoms with Crippen molar-refractivity contribution in [3.05, 3.63) is 71.1 Å². The zero-order chi connectivity index (χ0) is 19.8. The third-order valence-electron chi connectivity index (χ3n) is 4.74. The van der Waals surface area contributed by atoms with Gasteiger partial charge in [-0.25, -0.2) is 4.98 Å². The molecule has 1 aliphatic rings. The molecule has 6 nitrogen and oxygen atoms in total. The highest BCUT2D eigenvalue weighted by molar-refractivity contribution is 7.98. The summed E-state index contributed by atoms with van der Waals surface area (Å²) < 4.78 is 7.00. The Labute approximate surface area is 175 Å². The first kappa shape index (κ1) is 18.3. The smallest absolute Gasteiger partial charge is 0.263 e. The van der Waals surface area contributed by atoms with Gasteiger partial charge in [-0.15, -0.1) is 17.9 Å². The van der Waals surface area contributed by atoms with Crippen molar-refractivity contribution in [3.63, 3.8) is 0 Å². The summed E-state index contributed by atoms with van der Waals surface area (Å²) in [6, 6.07) is 12.0. The van der Waals surface area contributed by atoms with Gasteiger partial charge >= 0.3 is 0 Å². The number of hydrogen-bond acceptors (Lipinski definition) is 7. The normalized spacial score (nSPS) is 13.8. The van der Waals surface area contributed by atoms with E-state index in [9.17, 15) is 4.79 Å². The fourth-order valence-corrected chi connectivity index (χ4v) is 5.03. The molecule has 3 aromatic heterocycles. The zero-order valence-corrected chi connectivity index (χ0v) is 17.2. The molecule has 0 saturated heterocycles. The molecule has 4 aromatic rings. The molecule has 5 rings (SSSR count). The first-order chi connectivity index (χ1) is 14.2. The molecule has 0 spiro atoms. The van der Waals surface area contributed by atoms with E-state index >= 15 is 0 Å². The minimum atomic E-state index is -0.0555. The van der Waals surface area contributed by atoms with Crippen molar-refractivity contribution in [3.8, 4) is 10.4 Å². The van der Waals surface area contributed by atoms with Crippen molar-refractivity contribution in [1.82, 2.24) is 19.7 Å². The van der Waals surface area contributed by atoms with Gasteiger partial charge in [0.2, 0.25) is 5.89 Å². The summed E-state index contributed by atoms with van der Waals surface area (Å²) in [6.45, 7) is 4.18. The van der Waals surface area contributed by atoms with Gasteiger partial charge in [0.1, 0.15) is 4.83 Å². The van der Waals surface area contributed by atoms with Crippen LogP contribution in [0.15, 0.2) is 63.5 Å². The molecule has 1 fully saturated rings. The van der Waals surface area contributed by atoms with E-state index in [0.29, 0.717) is 34.6 Å². The van der Waals surface area contributed by atoms with Crippen LogP contribution in [0, 0.1) is 0 Å². The lowest BCUT2D eigenvalue weighted by atomic mass is 10.2. The van der Waals surface area contributed by atoms with Crippen LogP contribution in [0.4, 0.5) is 0 Å². The third kappa shape index (κ3) is 3.65. The van der Waals surface area contributed by atoms with Crippen molar-refractivity contribution in [2.75, 3.05) is 0 Å². The van der Waals surface area contributed by atoms with E-state index in [1.54, 1.807) is 10.6 Å². The standard InChI is InChI=1S/C21H18N4O2S2/c1-2-10-25-20(26)15-11-16(13-6-4-3-5-7-13)29-19(15)23-21(25)28-12-17-22-18(24-27-17)14-8-9-14/h2-7,11,14H,1,8-10,12H2. The fraction of sp³-hybridized carbons (Fsp3) is 0.238. The summed E-state index contributed by atoms with van der Waals surface area (Å²) in [6.07, 6.45) is 3.97. The van der Waals surface area contributed by atoms with Crippen molar-refractivity contribution < 1.29 is 4.52 Å². The Hall–Kier alpha value is -2.71. The number of thiophene rings is 1. The van der Waals surface area contributed by atoms with Crippen molar-refractivity contribution in [2.24, 2.45) is 0 Å². The number of thioether (sulfide) groups is 1. The van der Waals surface area contributed by atoms with Crippen LogP contribution in [-0.4, -0.2) is 19.7 Å². The van der Waals surface area contributed by atoms with Crippen LogP contribution in [-0.2, 0) is 12.3 Å². The van der Waals surface area contributed by atoms with E-state index in [4.69, 9.17) is 9.51 Å². The maximum atomic E-state index is 13.1. The molecule has 0 unspecified atom stereocenters. The van der Waals surface area contributed by atoms with Gasteiger partial charge < -0.3 is 4.52 Å². The molecule has 146 valence electrons. The SMILES string of the molecule is C=CCn1c(SCc2nc(C3CC3)no2)nc2sc(-c3ccccc3)cc2c1=O. The van der Waals surface area contributed by atoms with Crippen LogP contribution < -0.4 is 5.56 Å². The molecule has 1 aliphatic carbocycles. The van der Waals surface area contributed by atoms with Crippen LogP contribution in [0.1, 0.15) is 30.5 Å². The highest BCUT2D eigenvalue weighted by Gasteiger charge is 2.28. The average molecular weight is 423 g/mol. The summed E-state index contributed by atoms with van der Waals surface area (Å²) in [4.78, 5) is 24.1. The number of nitrogens with zero attached hydrogens (tertiary/aromatic N) is 4. The van der Waals surface area contributed by atoms with E-state index < -0.39 is 0 Å². The minimum absolute atomic E-state index is 0.0555. The average Bonchev–Trinajstić information content (AvgIpc) is 3.33. The predicted octanol–water partition coefficient (Wildman–Crippen LogP) is 4.86. The first-order valence-corrected chi connectivity index (χ1v) is 11.2. The van der Waals surface area contributed by atoms with E-state index in [1.165, 1.54) is 23.1 Å². The molecule has 0 atom stereocenters. The van der Waals surface area contributed by atoms with Gasteiger partial charge in [-0.2, -0.15) is 4.98 Å². The summed E-state index contributed by atoms with van der Waals surface area (Å²) in [5, 5.41) is 5.32. The van der Waals surface area contributed by atoms with Gasteiger partial charge in [-0.05, 0) is 24.5 Å². The maximum absolute atomic E-state index is 13.1. The van der Waals surface area contributed by atoms with Crippen LogP contribution >= 0.6 is 23.1 Å². The summed E-state index contributed by atoms with van der Waals surface area (Å²) >= 11 is 2.96. The predicted molar refractivity (Wildman–Crippen MR) is 115 cm³/mol. The van der Waals surface area contributed by atoms with Gasteiger partial charge in [0.05, 0.1) is 11.1 Å². The molecule has 1 aromatic carbocycles. The highest BCUT2D eigenvalue weighted by Crippen LogP contribution is 2.38. The Morgan fingerprint density at radius 1 is 1.28 bits per heavy atom. The van der Waals surface area contributed by atoms with Gasteiger partial charge in [-0.3, -0.25) is 9.36 Å². The van der Waals surface area contributed by atoms with Crippen LogP contribution in [0.3, 0.4) is 0 Å². The molecular formula is C21H18N4O2S2. The molecule has 1 saturated carbocycles. The lowest BCUT2D eigenvalue weighted by molar-refractivity contribution is 0.385. The van der Waals surface area contributed by atoms with Crippen molar-refractivity contribution in [2.45, 2.75) is 36.2 Å². The van der Waals surface area contributed by atoms with E-state index in [0.717, 1.165) is 33.9 Å². The van der Waals surface area contributed by atoms with Crippen LogP contribution in [0.5, 0.6) is 0 Å². The van der Waals surface area contributed by atoms with Gasteiger partial charge in [0.15, 0.2) is 11.0 Å². The molecule has 29 heavy (non-hydrogen) atoms. The second kappa shape index (κ2) is 7.61. The summed E-state index contributed by atoms with van der Waals surface area (Å²) in [5.41, 5.74) is 1.03. The molecule has 8 heteroatoms. The summed E-state index contributed by atoms with van der Waals surface area (Å²) in [7, 11) is 0. The quantitative estimate of drug-likeness (QED) is 0.240. The maximum Gasteiger partial charge on any atom is 0.263 e. The van der Waals surface area contributed by atoms with E-state index in [1.807, 2.05) is 36.4 Å². The van der Waals surface area contributed by atoms with Gasteiger partial charge in [-0.1, -0.05) is 53.3 Å². The van der Waals surface area contributed by atoms with E-state index in [2.05, 4.69) is 16.7 Å². The zero-order valence-electron chi connectivity index (χ0n) is 15.6. The second-order valence-electron chi connectivity index (χ2n) is 6.90. The molecular weight excluding hydrogens is 404 g/mol. The number of benzene rings is 1. The number of rotatable bonds is 7. The van der Waals surface area contributed by atoms with Crippen LogP contribution in [0.2, 0.25) is 0 Å². The topological polar surface area (TPSA) is 73.8 Å². The Bertz CT molecular complexity index is 1240. The molecule has 0 amide bonds. The lowest BCUT2D eigenvalue weighted by Crippen LogP contribution is -2.22. The minimum Gasteiger partial charge on any atom is -0.338 e. The van der Waals surface area contributed by atoms with Crippen molar-refractivity contribution in [1.29, 1.82) is 0 Å². The molecule has 0 aliphatic heterocycles. The third-order valence-corrected chi connectivity index (χ3v) is 6.78. The first-order valence-electron chi connectivity index (χ1n) is 9.39. The Morgan fingerprint density at radius 3 is 2.86 bits per heavy atom. The molecule has 3 heterocycles. The molecule has 0 radical (unpaired) electrons. The summed E-state index contributed by atoms with van der Waals surface area (Å²) in [5.74, 6) is 2.28. The lowest BCUT2D eigenvalue weighted by Gasteiger charge is -2.08. The van der Waals surface area contributed by atoms with Crippen LogP contribution in [0.25, 0.3) is 20.7 Å². The number of allylic oxidation sites excluding steroid dienone is 1. The Morgan fingerprint density at radius 2 is 2.10 bits per heavy atom. The van der Waals surface area contributed by atoms with Crippen molar-refractivity contribution >= 4 is 33.3 Å². The number of fused-ring (bicyclic) bond motifs is 1. The van der Waals surface area contributed by atoms with E-state index in [-0.39, 0.29) is 5.56 Å². The Kier molecular flexibility index (Phi) is 4.81. The fourth-order valence-electron chi connectivity index (χ4n) is 3.10. The molecule has 0 N–H and O–H groups in total. The highest BCUT2D eigenvalue weighted by atomic mass is 32.2. The van der Waals surface area contributed by atoms with Gasteiger partial charge in [0.25, 0.3) is 5.56 Å². The Balaban J connectivity index is 1.49. The monoisotopic (exact) mass is 422 g/mol. The number of hydrogen-bond donors (Lipinski definition) is 0. The molecule has 0 bridgehead atoms. The second-order valence-corrected chi connectivity index (χ2v) is 8.88.